The molecule has 0 spiro atoms. The van der Waals surface area contributed by atoms with Gasteiger partial charge in [0, 0.05) is 58.1 Å². The van der Waals surface area contributed by atoms with E-state index in [1.165, 1.54) is 5.56 Å². The number of nitrogens with zero attached hydrogens (tertiary/aromatic N) is 4. The van der Waals surface area contributed by atoms with E-state index in [-0.39, 0.29) is 23.8 Å². The molecule has 0 aliphatic carbocycles. The van der Waals surface area contributed by atoms with E-state index >= 15 is 0 Å². The summed E-state index contributed by atoms with van der Waals surface area (Å²) >= 11 is 0. The minimum Gasteiger partial charge on any atom is -0.340 e. The molecule has 0 bridgehead atoms. The number of aromatic nitrogens is 1. The lowest BCUT2D eigenvalue weighted by Gasteiger charge is -2.36. The smallest absolute Gasteiger partial charge is 0.228 e. The van der Waals surface area contributed by atoms with Crippen LogP contribution in [0.15, 0.2) is 54.9 Å². The van der Waals surface area contributed by atoms with Crippen molar-refractivity contribution in [3.05, 3.63) is 66.0 Å². The van der Waals surface area contributed by atoms with E-state index in [4.69, 9.17) is 0 Å². The Morgan fingerprint density at radius 2 is 1.76 bits per heavy atom. The van der Waals surface area contributed by atoms with Crippen LogP contribution < -0.4 is 0 Å². The van der Waals surface area contributed by atoms with Crippen LogP contribution in [0.5, 0.6) is 0 Å². The zero-order valence-electron chi connectivity index (χ0n) is 16.9. The number of benzene rings is 1. The first-order valence-corrected chi connectivity index (χ1v) is 10.4. The van der Waals surface area contributed by atoms with Crippen molar-refractivity contribution < 1.29 is 9.59 Å². The Balaban J connectivity index is 1.31. The van der Waals surface area contributed by atoms with Crippen molar-refractivity contribution in [3.8, 4) is 0 Å². The lowest BCUT2D eigenvalue weighted by Crippen LogP contribution is -2.50. The molecule has 152 valence electrons. The molecule has 1 aromatic heterocycles. The topological polar surface area (TPSA) is 56.8 Å². The van der Waals surface area contributed by atoms with E-state index in [0.29, 0.717) is 13.0 Å². The minimum atomic E-state index is -0.222. The van der Waals surface area contributed by atoms with Crippen molar-refractivity contribution in [3.63, 3.8) is 0 Å². The Bertz CT molecular complexity index is 834. The molecule has 2 aliphatic heterocycles. The number of likely N-dealkylation sites (tertiary alicyclic amines) is 1. The summed E-state index contributed by atoms with van der Waals surface area (Å²) in [5, 5.41) is 0. The third-order valence-corrected chi connectivity index (χ3v) is 6.10. The molecule has 29 heavy (non-hydrogen) atoms. The summed E-state index contributed by atoms with van der Waals surface area (Å²) in [5.74, 6) is -0.0129. The van der Waals surface area contributed by atoms with E-state index in [1.807, 2.05) is 71.6 Å². The van der Waals surface area contributed by atoms with Gasteiger partial charge in [0.2, 0.25) is 11.8 Å². The summed E-state index contributed by atoms with van der Waals surface area (Å²) in [6.45, 7) is 6.61. The van der Waals surface area contributed by atoms with Crippen LogP contribution in [0.4, 0.5) is 0 Å². The maximum absolute atomic E-state index is 13.0. The molecule has 2 amide bonds. The van der Waals surface area contributed by atoms with E-state index < -0.39 is 0 Å². The fraction of sp³-hybridized carbons (Fsp3) is 0.435. The number of hydrogen-bond donors (Lipinski definition) is 0. The summed E-state index contributed by atoms with van der Waals surface area (Å²) in [6.07, 6.45) is 3.95. The molecule has 1 aromatic carbocycles. The lowest BCUT2D eigenvalue weighted by molar-refractivity contribution is -0.137. The summed E-state index contributed by atoms with van der Waals surface area (Å²) in [4.78, 5) is 35.8. The van der Waals surface area contributed by atoms with Crippen molar-refractivity contribution in [1.82, 2.24) is 19.7 Å². The summed E-state index contributed by atoms with van der Waals surface area (Å²) < 4.78 is 0. The van der Waals surface area contributed by atoms with Gasteiger partial charge in [-0.2, -0.15) is 0 Å². The van der Waals surface area contributed by atoms with E-state index in [9.17, 15) is 9.59 Å². The first kappa shape index (κ1) is 19.6. The molecule has 0 unspecified atom stereocenters. The van der Waals surface area contributed by atoms with Crippen LogP contribution in [-0.2, 0) is 16.1 Å². The molecular formula is C23H28N4O2. The van der Waals surface area contributed by atoms with Crippen molar-refractivity contribution in [2.75, 3.05) is 32.7 Å². The Hall–Kier alpha value is -2.73. The molecule has 2 aromatic rings. The van der Waals surface area contributed by atoms with Crippen LogP contribution in [0, 0.1) is 5.92 Å². The number of amides is 2. The third-order valence-electron chi connectivity index (χ3n) is 6.10. The molecule has 2 fully saturated rings. The van der Waals surface area contributed by atoms with Gasteiger partial charge in [0.1, 0.15) is 0 Å². The number of piperazine rings is 1. The zero-order valence-corrected chi connectivity index (χ0v) is 16.9. The summed E-state index contributed by atoms with van der Waals surface area (Å²) in [7, 11) is 0. The quantitative estimate of drug-likeness (QED) is 0.784. The number of rotatable bonds is 5. The minimum absolute atomic E-state index is 0.00119. The largest absolute Gasteiger partial charge is 0.340 e. The fourth-order valence-corrected chi connectivity index (χ4v) is 4.31. The van der Waals surface area contributed by atoms with Gasteiger partial charge in [0.15, 0.2) is 0 Å². The number of pyridine rings is 1. The van der Waals surface area contributed by atoms with Gasteiger partial charge in [0.05, 0.1) is 12.0 Å². The van der Waals surface area contributed by atoms with Crippen molar-refractivity contribution in [2.24, 2.45) is 5.92 Å². The van der Waals surface area contributed by atoms with Gasteiger partial charge in [-0.1, -0.05) is 30.3 Å². The average molecular weight is 393 g/mol. The van der Waals surface area contributed by atoms with Gasteiger partial charge in [-0.15, -0.1) is 0 Å². The summed E-state index contributed by atoms with van der Waals surface area (Å²) in [5.41, 5.74) is 2.35. The average Bonchev–Trinajstić information content (AvgIpc) is 3.16. The second-order valence-electron chi connectivity index (χ2n) is 7.99. The predicted octanol–water partition coefficient (Wildman–Crippen LogP) is 2.34. The molecule has 0 saturated carbocycles. The number of hydrogen-bond acceptors (Lipinski definition) is 4. The standard InChI is InChI=1S/C23H28N4O2/c1-18(20-5-3-2-4-6-20)27-17-21(15-22(27)28)23(29)26-13-11-25(12-14-26)16-19-7-9-24-10-8-19/h2-10,18,21H,11-17H2,1H3/t18-,21-/m0/s1. The van der Waals surface area contributed by atoms with Crippen molar-refractivity contribution >= 4 is 11.8 Å². The van der Waals surface area contributed by atoms with E-state index in [1.54, 1.807) is 0 Å². The zero-order chi connectivity index (χ0) is 20.2. The Morgan fingerprint density at radius 3 is 2.45 bits per heavy atom. The van der Waals surface area contributed by atoms with Gasteiger partial charge in [0.25, 0.3) is 0 Å². The lowest BCUT2D eigenvalue weighted by atomic mass is 10.1. The molecule has 4 rings (SSSR count). The first-order valence-electron chi connectivity index (χ1n) is 10.4. The monoisotopic (exact) mass is 392 g/mol. The van der Waals surface area contributed by atoms with Gasteiger partial charge in [-0.05, 0) is 30.2 Å². The van der Waals surface area contributed by atoms with Crippen LogP contribution in [0.25, 0.3) is 0 Å². The molecule has 3 heterocycles. The molecule has 0 radical (unpaired) electrons. The van der Waals surface area contributed by atoms with Crippen LogP contribution in [-0.4, -0.2) is 64.2 Å². The summed E-state index contributed by atoms with van der Waals surface area (Å²) in [6, 6.07) is 14.1. The predicted molar refractivity (Wildman–Crippen MR) is 111 cm³/mol. The van der Waals surface area contributed by atoms with Crippen LogP contribution in [0.3, 0.4) is 0 Å². The molecule has 2 saturated heterocycles. The van der Waals surface area contributed by atoms with Gasteiger partial charge >= 0.3 is 0 Å². The highest BCUT2D eigenvalue weighted by Gasteiger charge is 2.39. The molecule has 6 nitrogen and oxygen atoms in total. The van der Waals surface area contributed by atoms with Gasteiger partial charge in [-0.25, -0.2) is 0 Å². The van der Waals surface area contributed by atoms with Crippen molar-refractivity contribution in [2.45, 2.75) is 25.9 Å². The highest BCUT2D eigenvalue weighted by atomic mass is 16.2. The second kappa shape index (κ2) is 8.74. The number of carbonyl (C=O) groups excluding carboxylic acids is 2. The van der Waals surface area contributed by atoms with Gasteiger partial charge in [-0.3, -0.25) is 19.5 Å². The molecule has 2 aliphatic rings. The Kier molecular flexibility index (Phi) is 5.90. The van der Waals surface area contributed by atoms with Crippen LogP contribution in [0.2, 0.25) is 0 Å². The molecular weight excluding hydrogens is 364 g/mol. The number of carbonyl (C=O) groups is 2. The first-order chi connectivity index (χ1) is 14.1. The van der Waals surface area contributed by atoms with E-state index in [0.717, 1.165) is 38.3 Å². The highest BCUT2D eigenvalue weighted by Crippen LogP contribution is 2.29. The highest BCUT2D eigenvalue weighted by molar-refractivity contribution is 5.89. The maximum Gasteiger partial charge on any atom is 0.228 e. The van der Waals surface area contributed by atoms with E-state index in [2.05, 4.69) is 9.88 Å². The van der Waals surface area contributed by atoms with Crippen molar-refractivity contribution in [1.29, 1.82) is 0 Å². The Morgan fingerprint density at radius 1 is 1.07 bits per heavy atom. The second-order valence-corrected chi connectivity index (χ2v) is 7.99. The SMILES string of the molecule is C[C@@H](c1ccccc1)N1C[C@@H](C(=O)N2CCN(Cc3ccncc3)CC2)CC1=O. The molecule has 0 N–H and O–H groups in total. The normalized spacial score (nSPS) is 21.4. The fourth-order valence-electron chi connectivity index (χ4n) is 4.31. The third kappa shape index (κ3) is 4.48. The maximum atomic E-state index is 13.0. The van der Waals surface area contributed by atoms with Crippen LogP contribution in [0.1, 0.15) is 30.5 Å². The van der Waals surface area contributed by atoms with Crippen LogP contribution >= 0.6 is 0 Å². The Labute approximate surface area is 172 Å². The van der Waals surface area contributed by atoms with Gasteiger partial charge < -0.3 is 9.80 Å². The molecule has 2 atom stereocenters. The molecule has 6 heteroatoms.